The Morgan fingerprint density at radius 2 is 1.84 bits per heavy atom. The molecule has 0 saturated carbocycles. The van der Waals surface area contributed by atoms with Crippen LogP contribution in [0.3, 0.4) is 0 Å². The van der Waals surface area contributed by atoms with E-state index in [1.165, 1.54) is 0 Å². The van der Waals surface area contributed by atoms with E-state index in [-0.39, 0.29) is 11.5 Å². The van der Waals surface area contributed by atoms with Crippen LogP contribution in [0.15, 0.2) is 47.4 Å². The zero-order valence-electron chi connectivity index (χ0n) is 18.4. The number of aliphatic hydroxyl groups is 1. The van der Waals surface area contributed by atoms with Crippen molar-refractivity contribution in [3.8, 4) is 11.3 Å². The quantitative estimate of drug-likeness (QED) is 0.424. The summed E-state index contributed by atoms with van der Waals surface area (Å²) in [6.45, 7) is 5.39. The largest absolute Gasteiger partial charge is 0.395 e. The van der Waals surface area contributed by atoms with Crippen molar-refractivity contribution in [1.82, 2.24) is 24.5 Å². The van der Waals surface area contributed by atoms with Crippen LogP contribution in [0.5, 0.6) is 0 Å². The highest BCUT2D eigenvalue weighted by Gasteiger charge is 2.22. The predicted octanol–water partition coefficient (Wildman–Crippen LogP) is 3.25. The van der Waals surface area contributed by atoms with Crippen molar-refractivity contribution in [2.24, 2.45) is 0 Å². The number of aliphatic hydroxyl groups excluding tert-OH is 1. The van der Waals surface area contributed by atoms with Crippen LogP contribution in [0.25, 0.3) is 27.7 Å². The minimum absolute atomic E-state index is 0.172. The fourth-order valence-electron chi connectivity index (χ4n) is 3.79. The van der Waals surface area contributed by atoms with E-state index < -0.39 is 16.1 Å². The summed E-state index contributed by atoms with van der Waals surface area (Å²) >= 11 is 0. The smallest absolute Gasteiger partial charge is 0.241 e. The van der Waals surface area contributed by atoms with E-state index >= 15 is 0 Å². The van der Waals surface area contributed by atoms with Gasteiger partial charge in [0.25, 0.3) is 0 Å². The molecule has 4 rings (SSSR count). The lowest BCUT2D eigenvalue weighted by Gasteiger charge is -2.17. The molecule has 0 radical (unpaired) electrons. The van der Waals surface area contributed by atoms with Gasteiger partial charge in [0, 0.05) is 28.8 Å². The minimum atomic E-state index is -3.82. The van der Waals surface area contributed by atoms with Gasteiger partial charge in [0.15, 0.2) is 11.5 Å². The van der Waals surface area contributed by atoms with Crippen molar-refractivity contribution in [1.29, 1.82) is 0 Å². The first kappa shape index (κ1) is 22.3. The molecule has 2 aromatic carbocycles. The molecule has 0 aliphatic heterocycles. The van der Waals surface area contributed by atoms with Gasteiger partial charge in [-0.3, -0.25) is 0 Å². The Balaban J connectivity index is 1.93. The van der Waals surface area contributed by atoms with Crippen molar-refractivity contribution >= 4 is 26.4 Å². The second kappa shape index (κ2) is 8.93. The van der Waals surface area contributed by atoms with E-state index in [0.29, 0.717) is 28.9 Å². The van der Waals surface area contributed by atoms with Crippen LogP contribution in [0.1, 0.15) is 38.1 Å². The molecule has 9 heteroatoms. The number of hydrogen-bond donors (Lipinski definition) is 2. The first-order valence-electron chi connectivity index (χ1n) is 10.8. The number of benzene rings is 2. The lowest BCUT2D eigenvalue weighted by atomic mass is 10.0. The maximum atomic E-state index is 13.1. The standard InChI is InChI=1S/C23H27N5O3S/c1-4-8-21-24-25-23-19-10-7-6-9-18(19)22(26-28(21)23)16-12-11-15(3)20(13-16)32(30,31)27-17(5-2)14-29/h6-7,9-13,17,27,29H,4-5,8,14H2,1-3H3/t17-/m0/s1. The van der Waals surface area contributed by atoms with Gasteiger partial charge in [0.2, 0.25) is 10.0 Å². The average Bonchev–Trinajstić information content (AvgIpc) is 3.20. The molecule has 0 aliphatic carbocycles. The highest BCUT2D eigenvalue weighted by molar-refractivity contribution is 7.89. The molecule has 1 atom stereocenters. The Morgan fingerprint density at radius 1 is 1.09 bits per heavy atom. The van der Waals surface area contributed by atoms with Gasteiger partial charge in [0.05, 0.1) is 17.2 Å². The fraction of sp³-hybridized carbons (Fsp3) is 0.348. The molecule has 2 heterocycles. The molecule has 32 heavy (non-hydrogen) atoms. The molecular formula is C23H27N5O3S. The van der Waals surface area contributed by atoms with Gasteiger partial charge >= 0.3 is 0 Å². The third kappa shape index (κ3) is 3.99. The van der Waals surface area contributed by atoms with Gasteiger partial charge in [-0.2, -0.15) is 9.61 Å². The Kier molecular flexibility index (Phi) is 6.23. The van der Waals surface area contributed by atoms with E-state index in [4.69, 9.17) is 5.10 Å². The predicted molar refractivity (Wildman–Crippen MR) is 124 cm³/mol. The number of fused-ring (bicyclic) bond motifs is 3. The summed E-state index contributed by atoms with van der Waals surface area (Å²) < 4.78 is 30.5. The number of aromatic nitrogens is 4. The molecule has 0 spiro atoms. The van der Waals surface area contributed by atoms with Crippen LogP contribution in [0, 0.1) is 6.92 Å². The second-order valence-corrected chi connectivity index (χ2v) is 9.57. The number of hydrogen-bond acceptors (Lipinski definition) is 6. The highest BCUT2D eigenvalue weighted by Crippen LogP contribution is 2.31. The van der Waals surface area contributed by atoms with Crippen molar-refractivity contribution in [2.45, 2.75) is 51.0 Å². The SMILES string of the molecule is CCCc1nnc2c3ccccc3c(-c3ccc(C)c(S(=O)(=O)N[C@@H](CC)CO)c3)nn12. The lowest BCUT2D eigenvalue weighted by molar-refractivity contribution is 0.254. The van der Waals surface area contributed by atoms with Crippen molar-refractivity contribution < 1.29 is 13.5 Å². The van der Waals surface area contributed by atoms with E-state index in [2.05, 4.69) is 21.8 Å². The number of nitrogens with one attached hydrogen (secondary N) is 1. The van der Waals surface area contributed by atoms with Gasteiger partial charge in [0.1, 0.15) is 0 Å². The molecule has 0 saturated heterocycles. The molecule has 4 aromatic rings. The van der Waals surface area contributed by atoms with Crippen LogP contribution in [0.4, 0.5) is 0 Å². The fourth-order valence-corrected chi connectivity index (χ4v) is 5.37. The zero-order chi connectivity index (χ0) is 22.9. The number of aryl methyl sites for hydroxylation is 2. The van der Waals surface area contributed by atoms with Crippen molar-refractivity contribution in [2.75, 3.05) is 6.61 Å². The van der Waals surface area contributed by atoms with E-state index in [9.17, 15) is 13.5 Å². The van der Waals surface area contributed by atoms with E-state index in [0.717, 1.165) is 29.4 Å². The molecule has 0 bridgehead atoms. The van der Waals surface area contributed by atoms with Crippen LogP contribution in [0.2, 0.25) is 0 Å². The Bertz CT molecular complexity index is 1380. The first-order chi connectivity index (χ1) is 15.4. The molecule has 0 unspecified atom stereocenters. The van der Waals surface area contributed by atoms with Crippen LogP contribution in [-0.2, 0) is 16.4 Å². The van der Waals surface area contributed by atoms with Gasteiger partial charge in [-0.05, 0) is 31.4 Å². The normalized spacial score (nSPS) is 13.1. The highest BCUT2D eigenvalue weighted by atomic mass is 32.2. The van der Waals surface area contributed by atoms with Crippen LogP contribution >= 0.6 is 0 Å². The summed E-state index contributed by atoms with van der Waals surface area (Å²) in [4.78, 5) is 0.172. The third-order valence-corrected chi connectivity index (χ3v) is 7.25. The second-order valence-electron chi connectivity index (χ2n) is 7.89. The molecule has 0 fully saturated rings. The molecule has 168 valence electrons. The van der Waals surface area contributed by atoms with Crippen molar-refractivity contribution in [3.05, 3.63) is 53.9 Å². The summed E-state index contributed by atoms with van der Waals surface area (Å²) in [6.07, 6.45) is 2.14. The number of sulfonamides is 1. The molecule has 8 nitrogen and oxygen atoms in total. The van der Waals surface area contributed by atoms with Gasteiger partial charge in [-0.15, -0.1) is 10.2 Å². The van der Waals surface area contributed by atoms with E-state index in [1.54, 1.807) is 23.6 Å². The molecule has 2 aromatic heterocycles. The maximum Gasteiger partial charge on any atom is 0.241 e. The Labute approximate surface area is 187 Å². The summed E-state index contributed by atoms with van der Waals surface area (Å²) in [5.74, 6) is 0.768. The summed E-state index contributed by atoms with van der Waals surface area (Å²) in [7, 11) is -3.82. The first-order valence-corrected chi connectivity index (χ1v) is 12.2. The van der Waals surface area contributed by atoms with Gasteiger partial charge in [-0.25, -0.2) is 13.1 Å². The lowest BCUT2D eigenvalue weighted by Crippen LogP contribution is -2.37. The number of nitrogens with zero attached hydrogens (tertiary/aromatic N) is 4. The Hall–Kier alpha value is -2.88. The van der Waals surface area contributed by atoms with Crippen LogP contribution < -0.4 is 4.72 Å². The average molecular weight is 454 g/mol. The monoisotopic (exact) mass is 453 g/mol. The summed E-state index contributed by atoms with van der Waals surface area (Å²) in [6, 6.07) is 12.6. The molecule has 2 N–H and O–H groups in total. The van der Waals surface area contributed by atoms with Gasteiger partial charge < -0.3 is 5.11 Å². The number of rotatable bonds is 8. The van der Waals surface area contributed by atoms with Crippen molar-refractivity contribution in [3.63, 3.8) is 0 Å². The van der Waals surface area contributed by atoms with Crippen LogP contribution in [-0.4, -0.2) is 46.0 Å². The molecular weight excluding hydrogens is 426 g/mol. The maximum absolute atomic E-state index is 13.1. The molecule has 0 aliphatic rings. The summed E-state index contributed by atoms with van der Waals surface area (Å²) in [5.41, 5.74) is 2.65. The topological polar surface area (TPSA) is 109 Å². The Morgan fingerprint density at radius 3 is 2.53 bits per heavy atom. The summed E-state index contributed by atoms with van der Waals surface area (Å²) in [5, 5.41) is 24.7. The molecule has 0 amide bonds. The third-order valence-electron chi connectivity index (χ3n) is 5.59. The minimum Gasteiger partial charge on any atom is -0.395 e. The van der Waals surface area contributed by atoms with E-state index in [1.807, 2.05) is 37.3 Å². The zero-order valence-corrected chi connectivity index (χ0v) is 19.2. The van der Waals surface area contributed by atoms with Gasteiger partial charge in [-0.1, -0.05) is 50.2 Å².